The summed E-state index contributed by atoms with van der Waals surface area (Å²) in [4.78, 5) is 22.7. The summed E-state index contributed by atoms with van der Waals surface area (Å²) in [6.45, 7) is 3.94. The average molecular weight is 183 g/mol. The van der Waals surface area contributed by atoms with E-state index in [1.807, 2.05) is 0 Å². The molecule has 0 spiro atoms. The summed E-state index contributed by atoms with van der Waals surface area (Å²) in [6, 6.07) is 0. The van der Waals surface area contributed by atoms with E-state index in [0.29, 0.717) is 24.2 Å². The summed E-state index contributed by atoms with van der Waals surface area (Å²) < 4.78 is 1.24. The summed E-state index contributed by atoms with van der Waals surface area (Å²) in [5.74, 6) is 0. The lowest BCUT2D eigenvalue weighted by atomic mass is 10.2. The molecule has 3 N–H and O–H groups in total. The Kier molecular flexibility index (Phi) is 2.67. The molecule has 0 aliphatic carbocycles. The normalized spacial score (nSPS) is 10.4. The summed E-state index contributed by atoms with van der Waals surface area (Å²) >= 11 is 0. The van der Waals surface area contributed by atoms with Gasteiger partial charge in [-0.05, 0) is 13.8 Å². The Balaban J connectivity index is 3.42. The van der Waals surface area contributed by atoms with E-state index in [1.54, 1.807) is 13.8 Å². The van der Waals surface area contributed by atoms with E-state index in [1.165, 1.54) is 4.68 Å². The fraction of sp³-hybridized carbons (Fsp3) is 0.500. The Hall–Kier alpha value is -1.36. The van der Waals surface area contributed by atoms with Crippen LogP contribution >= 0.6 is 0 Å². The molecule has 0 fully saturated rings. The standard InChI is InChI=1S/C8H13N3O2/c1-5-6(2)8(13)11(4-3-9)10-7(5)12/h3-4,9H2,1-2H3,(H,10,12). The van der Waals surface area contributed by atoms with Gasteiger partial charge in [-0.15, -0.1) is 0 Å². The van der Waals surface area contributed by atoms with Crippen LogP contribution in [0.1, 0.15) is 11.1 Å². The molecule has 0 atom stereocenters. The van der Waals surface area contributed by atoms with E-state index in [9.17, 15) is 9.59 Å². The van der Waals surface area contributed by atoms with Crippen LogP contribution < -0.4 is 16.9 Å². The lowest BCUT2D eigenvalue weighted by Crippen LogP contribution is -2.34. The van der Waals surface area contributed by atoms with Gasteiger partial charge < -0.3 is 5.73 Å². The van der Waals surface area contributed by atoms with E-state index in [2.05, 4.69) is 5.10 Å². The van der Waals surface area contributed by atoms with Gasteiger partial charge in [0.15, 0.2) is 0 Å². The topological polar surface area (TPSA) is 80.9 Å². The smallest absolute Gasteiger partial charge is 0.268 e. The molecule has 0 saturated heterocycles. The summed E-state index contributed by atoms with van der Waals surface area (Å²) in [7, 11) is 0. The number of nitrogens with zero attached hydrogens (tertiary/aromatic N) is 1. The van der Waals surface area contributed by atoms with Crippen molar-refractivity contribution < 1.29 is 0 Å². The average Bonchev–Trinajstić information content (AvgIpc) is 2.11. The van der Waals surface area contributed by atoms with Gasteiger partial charge in [-0.3, -0.25) is 14.7 Å². The molecule has 0 aliphatic rings. The van der Waals surface area contributed by atoms with Crippen molar-refractivity contribution in [2.75, 3.05) is 6.54 Å². The predicted molar refractivity (Wildman–Crippen MR) is 49.9 cm³/mol. The lowest BCUT2D eigenvalue weighted by molar-refractivity contribution is 0.571. The summed E-state index contributed by atoms with van der Waals surface area (Å²) in [5, 5.41) is 2.45. The van der Waals surface area contributed by atoms with Gasteiger partial charge in [0.1, 0.15) is 0 Å². The highest BCUT2D eigenvalue weighted by atomic mass is 16.2. The first-order valence-electron chi connectivity index (χ1n) is 4.08. The van der Waals surface area contributed by atoms with Crippen molar-refractivity contribution in [1.29, 1.82) is 0 Å². The minimum atomic E-state index is -0.231. The van der Waals surface area contributed by atoms with Gasteiger partial charge in [0.2, 0.25) is 0 Å². The molecule has 0 radical (unpaired) electrons. The first kappa shape index (κ1) is 9.73. The molecule has 0 aromatic carbocycles. The lowest BCUT2D eigenvalue weighted by Gasteiger charge is -2.05. The van der Waals surface area contributed by atoms with E-state index in [0.717, 1.165) is 0 Å². The largest absolute Gasteiger partial charge is 0.329 e. The van der Waals surface area contributed by atoms with Gasteiger partial charge in [-0.25, -0.2) is 4.68 Å². The van der Waals surface area contributed by atoms with Crippen LogP contribution in [0.5, 0.6) is 0 Å². The Morgan fingerprint density at radius 2 is 1.92 bits per heavy atom. The van der Waals surface area contributed by atoms with Gasteiger partial charge in [0.05, 0.1) is 6.54 Å². The zero-order valence-corrected chi connectivity index (χ0v) is 7.76. The molecule has 1 aromatic heterocycles. The van der Waals surface area contributed by atoms with Crippen molar-refractivity contribution in [3.8, 4) is 0 Å². The molecule has 72 valence electrons. The predicted octanol–water partition coefficient (Wildman–Crippen LogP) is -0.888. The minimum Gasteiger partial charge on any atom is -0.329 e. The van der Waals surface area contributed by atoms with E-state index in [-0.39, 0.29) is 11.1 Å². The third-order valence-electron chi connectivity index (χ3n) is 2.06. The number of H-pyrrole nitrogens is 1. The molecule has 0 unspecified atom stereocenters. The van der Waals surface area contributed by atoms with E-state index < -0.39 is 0 Å². The highest BCUT2D eigenvalue weighted by Crippen LogP contribution is 1.90. The summed E-state index contributed by atoms with van der Waals surface area (Å²) in [6.07, 6.45) is 0. The second-order valence-electron chi connectivity index (χ2n) is 2.94. The highest BCUT2D eigenvalue weighted by molar-refractivity contribution is 5.17. The van der Waals surface area contributed by atoms with Gasteiger partial charge in [-0.1, -0.05) is 0 Å². The third kappa shape index (κ3) is 1.70. The Morgan fingerprint density at radius 1 is 1.31 bits per heavy atom. The Morgan fingerprint density at radius 3 is 2.46 bits per heavy atom. The zero-order valence-electron chi connectivity index (χ0n) is 7.76. The third-order valence-corrected chi connectivity index (χ3v) is 2.06. The van der Waals surface area contributed by atoms with Crippen molar-refractivity contribution in [2.24, 2.45) is 5.73 Å². The van der Waals surface area contributed by atoms with Crippen LogP contribution in [0.2, 0.25) is 0 Å². The fourth-order valence-corrected chi connectivity index (χ4v) is 1.08. The molecule has 5 nitrogen and oxygen atoms in total. The highest BCUT2D eigenvalue weighted by Gasteiger charge is 2.05. The van der Waals surface area contributed by atoms with Crippen LogP contribution in [0.25, 0.3) is 0 Å². The first-order valence-corrected chi connectivity index (χ1v) is 4.08. The number of hydrogen-bond acceptors (Lipinski definition) is 3. The number of nitrogens with one attached hydrogen (secondary N) is 1. The maximum Gasteiger partial charge on any atom is 0.268 e. The molecule has 1 aromatic rings. The molecule has 1 rings (SSSR count). The number of aromatic amines is 1. The van der Waals surface area contributed by atoms with Crippen molar-refractivity contribution in [1.82, 2.24) is 9.78 Å². The Bertz CT molecular complexity index is 416. The molecule has 1 heterocycles. The van der Waals surface area contributed by atoms with Crippen LogP contribution in [0.4, 0.5) is 0 Å². The second-order valence-corrected chi connectivity index (χ2v) is 2.94. The summed E-state index contributed by atoms with van der Waals surface area (Å²) in [5.41, 5.74) is 5.83. The maximum absolute atomic E-state index is 11.5. The van der Waals surface area contributed by atoms with Crippen molar-refractivity contribution in [3.63, 3.8) is 0 Å². The van der Waals surface area contributed by atoms with E-state index >= 15 is 0 Å². The fourth-order valence-electron chi connectivity index (χ4n) is 1.08. The second kappa shape index (κ2) is 3.57. The van der Waals surface area contributed by atoms with Gasteiger partial charge in [-0.2, -0.15) is 0 Å². The van der Waals surface area contributed by atoms with Gasteiger partial charge in [0, 0.05) is 17.7 Å². The molecule has 0 bridgehead atoms. The van der Waals surface area contributed by atoms with Crippen LogP contribution in [0, 0.1) is 13.8 Å². The van der Waals surface area contributed by atoms with Crippen molar-refractivity contribution >= 4 is 0 Å². The molecule has 5 heteroatoms. The molecular weight excluding hydrogens is 170 g/mol. The number of nitrogens with two attached hydrogens (primary N) is 1. The van der Waals surface area contributed by atoms with Crippen molar-refractivity contribution in [2.45, 2.75) is 20.4 Å². The monoisotopic (exact) mass is 183 g/mol. The number of aromatic nitrogens is 2. The van der Waals surface area contributed by atoms with Crippen LogP contribution in [-0.4, -0.2) is 16.3 Å². The number of rotatable bonds is 2. The molecule has 13 heavy (non-hydrogen) atoms. The molecule has 0 saturated carbocycles. The van der Waals surface area contributed by atoms with Crippen LogP contribution in [-0.2, 0) is 6.54 Å². The van der Waals surface area contributed by atoms with Crippen molar-refractivity contribution in [3.05, 3.63) is 31.8 Å². The van der Waals surface area contributed by atoms with Crippen LogP contribution in [0.15, 0.2) is 9.59 Å². The zero-order chi connectivity index (χ0) is 10.0. The van der Waals surface area contributed by atoms with Gasteiger partial charge >= 0.3 is 0 Å². The first-order chi connectivity index (χ1) is 6.07. The molecular formula is C8H13N3O2. The van der Waals surface area contributed by atoms with Crippen LogP contribution in [0.3, 0.4) is 0 Å². The maximum atomic E-state index is 11.5. The van der Waals surface area contributed by atoms with E-state index in [4.69, 9.17) is 5.73 Å². The number of hydrogen-bond donors (Lipinski definition) is 2. The SMILES string of the molecule is Cc1c(C)c(=O)n(CCN)[nH]c1=O. The Labute approximate surface area is 75.2 Å². The minimum absolute atomic E-state index is 0.178. The van der Waals surface area contributed by atoms with Gasteiger partial charge in [0.25, 0.3) is 11.1 Å². The molecule has 0 amide bonds. The molecule has 0 aliphatic heterocycles. The quantitative estimate of drug-likeness (QED) is 0.624.